The minimum absolute atomic E-state index is 0.350. The fourth-order valence-corrected chi connectivity index (χ4v) is 2.34. The lowest BCUT2D eigenvalue weighted by Crippen LogP contribution is -2.40. The van der Waals surface area contributed by atoms with E-state index in [0.717, 1.165) is 38.7 Å². The highest BCUT2D eigenvalue weighted by atomic mass is 16.6. The van der Waals surface area contributed by atoms with Gasteiger partial charge in [-0.05, 0) is 18.4 Å². The van der Waals surface area contributed by atoms with E-state index in [4.69, 9.17) is 0 Å². The topological polar surface area (TPSA) is 58.4 Å². The van der Waals surface area contributed by atoms with E-state index in [2.05, 4.69) is 34.5 Å². The van der Waals surface area contributed by atoms with Gasteiger partial charge in [-0.15, -0.1) is 0 Å². The molecule has 1 N–H and O–H groups in total. The van der Waals surface area contributed by atoms with Gasteiger partial charge in [0.1, 0.15) is 0 Å². The number of benzene rings is 1. The summed E-state index contributed by atoms with van der Waals surface area (Å²) in [6.45, 7) is 7.04. The first-order valence-electron chi connectivity index (χ1n) is 7.56. The maximum Gasteiger partial charge on any atom is 0.249 e. The van der Waals surface area contributed by atoms with Gasteiger partial charge >= 0.3 is 0 Å². The molecule has 116 valence electrons. The molecule has 0 unspecified atom stereocenters. The van der Waals surface area contributed by atoms with Gasteiger partial charge in [-0.2, -0.15) is 0 Å². The molecule has 2 rings (SSSR count). The molecule has 0 radical (unpaired) electrons. The monoisotopic (exact) mass is 291 g/mol. The summed E-state index contributed by atoms with van der Waals surface area (Å²) in [6, 6.07) is 10.8. The van der Waals surface area contributed by atoms with Gasteiger partial charge in [0.05, 0.1) is 11.1 Å². The van der Waals surface area contributed by atoms with Crippen LogP contribution in [0.2, 0.25) is 0 Å². The zero-order chi connectivity index (χ0) is 15.5. The smallest absolute Gasteiger partial charge is 0.249 e. The molecule has 1 aromatic rings. The molecule has 1 fully saturated rings. The molecule has 1 aliphatic heterocycles. The minimum Gasteiger partial charge on any atom is -0.383 e. The summed E-state index contributed by atoms with van der Waals surface area (Å²) >= 11 is 0. The first-order chi connectivity index (χ1) is 10.2. The highest BCUT2D eigenvalue weighted by molar-refractivity contribution is 5.14. The summed E-state index contributed by atoms with van der Waals surface area (Å²) in [6.07, 6.45) is 4.44. The first kappa shape index (κ1) is 17.2. The Balaban J connectivity index is 0.00000106. The van der Waals surface area contributed by atoms with Gasteiger partial charge in [0.15, 0.2) is 0 Å². The summed E-state index contributed by atoms with van der Waals surface area (Å²) < 4.78 is 0. The van der Waals surface area contributed by atoms with Crippen LogP contribution in [-0.4, -0.2) is 29.0 Å². The number of rotatable bonds is 5. The van der Waals surface area contributed by atoms with Crippen molar-refractivity contribution in [1.82, 2.24) is 10.2 Å². The molecule has 21 heavy (non-hydrogen) atoms. The Hall–Kier alpha value is -1.88. The van der Waals surface area contributed by atoms with Crippen LogP contribution in [0.4, 0.5) is 0 Å². The van der Waals surface area contributed by atoms with Crippen LogP contribution in [0.1, 0.15) is 32.3 Å². The standard InChI is InChI=1S/C14H19N3O2.C2H6/c18-17(19)11-8-15-14-6-9-16(10-7-14)12-13-4-2-1-3-5-13;1-2/h1-5,8,11,14-15H,6-7,9-10,12H2;1-2H3/b11-8-;. The van der Waals surface area contributed by atoms with Crippen LogP contribution >= 0.6 is 0 Å². The number of nitrogens with zero attached hydrogens (tertiary/aromatic N) is 2. The van der Waals surface area contributed by atoms with Gasteiger partial charge in [-0.25, -0.2) is 0 Å². The molecular formula is C16H25N3O2. The lowest BCUT2D eigenvalue weighted by molar-refractivity contribution is -0.402. The van der Waals surface area contributed by atoms with Crippen molar-refractivity contribution in [3.63, 3.8) is 0 Å². The Labute approximate surface area is 126 Å². The summed E-state index contributed by atoms with van der Waals surface area (Å²) in [5, 5.41) is 13.3. The molecule has 1 heterocycles. The summed E-state index contributed by atoms with van der Waals surface area (Å²) in [4.78, 5) is 12.1. The lowest BCUT2D eigenvalue weighted by Gasteiger charge is -2.31. The molecule has 0 aliphatic carbocycles. The molecule has 1 saturated heterocycles. The van der Waals surface area contributed by atoms with Crippen LogP contribution < -0.4 is 5.32 Å². The average molecular weight is 291 g/mol. The highest BCUT2D eigenvalue weighted by Crippen LogP contribution is 2.13. The molecule has 1 aromatic carbocycles. The third kappa shape index (κ3) is 6.90. The molecule has 0 aromatic heterocycles. The van der Waals surface area contributed by atoms with E-state index in [1.165, 1.54) is 11.8 Å². The first-order valence-corrected chi connectivity index (χ1v) is 7.56. The van der Waals surface area contributed by atoms with E-state index < -0.39 is 4.92 Å². The van der Waals surface area contributed by atoms with Crippen molar-refractivity contribution in [2.24, 2.45) is 0 Å². The fourth-order valence-electron chi connectivity index (χ4n) is 2.34. The normalized spacial score (nSPS) is 16.3. The molecule has 5 nitrogen and oxygen atoms in total. The Morgan fingerprint density at radius 3 is 2.48 bits per heavy atom. The molecule has 0 atom stereocenters. The molecule has 0 spiro atoms. The summed E-state index contributed by atoms with van der Waals surface area (Å²) in [5.74, 6) is 0. The fraction of sp³-hybridized carbons (Fsp3) is 0.500. The number of nitro groups is 1. The van der Waals surface area contributed by atoms with E-state index in [0.29, 0.717) is 6.04 Å². The zero-order valence-corrected chi connectivity index (χ0v) is 12.9. The highest BCUT2D eigenvalue weighted by Gasteiger charge is 2.18. The van der Waals surface area contributed by atoms with Crippen molar-refractivity contribution in [2.45, 2.75) is 39.3 Å². The van der Waals surface area contributed by atoms with Crippen LogP contribution in [0.5, 0.6) is 0 Å². The van der Waals surface area contributed by atoms with E-state index in [1.807, 2.05) is 19.9 Å². The van der Waals surface area contributed by atoms with Gasteiger partial charge < -0.3 is 5.32 Å². The second-order valence-corrected chi connectivity index (χ2v) is 4.80. The zero-order valence-electron chi connectivity index (χ0n) is 12.9. The van der Waals surface area contributed by atoms with Gasteiger partial charge in [-0.3, -0.25) is 15.0 Å². The number of hydrogen-bond donors (Lipinski definition) is 1. The van der Waals surface area contributed by atoms with Crippen LogP contribution in [0.15, 0.2) is 42.7 Å². The average Bonchev–Trinajstić information content (AvgIpc) is 2.52. The second kappa shape index (κ2) is 9.94. The van der Waals surface area contributed by atoms with Crippen molar-refractivity contribution in [3.8, 4) is 0 Å². The molecule has 0 saturated carbocycles. The lowest BCUT2D eigenvalue weighted by atomic mass is 10.0. The third-order valence-corrected chi connectivity index (χ3v) is 3.36. The Bertz CT molecular complexity index is 426. The Morgan fingerprint density at radius 2 is 1.90 bits per heavy atom. The van der Waals surface area contributed by atoms with Crippen LogP contribution in [0, 0.1) is 10.1 Å². The third-order valence-electron chi connectivity index (χ3n) is 3.36. The largest absolute Gasteiger partial charge is 0.383 e. The predicted octanol–water partition coefficient (Wildman–Crippen LogP) is 3.01. The second-order valence-electron chi connectivity index (χ2n) is 4.80. The quantitative estimate of drug-likeness (QED) is 0.669. The van der Waals surface area contributed by atoms with Crippen LogP contribution in [0.25, 0.3) is 0 Å². The van der Waals surface area contributed by atoms with Gasteiger partial charge in [0.25, 0.3) is 0 Å². The summed E-state index contributed by atoms with van der Waals surface area (Å²) in [7, 11) is 0. The van der Waals surface area contributed by atoms with Crippen molar-refractivity contribution < 1.29 is 4.92 Å². The van der Waals surface area contributed by atoms with Crippen LogP contribution in [-0.2, 0) is 6.54 Å². The van der Waals surface area contributed by atoms with Gasteiger partial charge in [-0.1, -0.05) is 44.2 Å². The van der Waals surface area contributed by atoms with Gasteiger partial charge in [0, 0.05) is 25.7 Å². The van der Waals surface area contributed by atoms with Crippen LogP contribution in [0.3, 0.4) is 0 Å². The SMILES string of the molecule is CC.O=[N+]([O-])/C=C\NC1CCN(Cc2ccccc2)CC1. The minimum atomic E-state index is -0.447. The number of hydrogen-bond acceptors (Lipinski definition) is 4. The maximum absolute atomic E-state index is 10.2. The van der Waals surface area contributed by atoms with E-state index in [-0.39, 0.29) is 0 Å². The van der Waals surface area contributed by atoms with E-state index in [9.17, 15) is 10.1 Å². The molecular weight excluding hydrogens is 266 g/mol. The Morgan fingerprint density at radius 1 is 1.29 bits per heavy atom. The molecule has 0 amide bonds. The van der Waals surface area contributed by atoms with E-state index >= 15 is 0 Å². The van der Waals surface area contributed by atoms with Crippen molar-refractivity contribution in [1.29, 1.82) is 0 Å². The molecule has 5 heteroatoms. The number of piperidine rings is 1. The molecule has 0 bridgehead atoms. The van der Waals surface area contributed by atoms with Crippen molar-refractivity contribution >= 4 is 0 Å². The predicted molar refractivity (Wildman–Crippen MR) is 85.4 cm³/mol. The number of nitrogens with one attached hydrogen (secondary N) is 1. The molecule has 1 aliphatic rings. The van der Waals surface area contributed by atoms with Gasteiger partial charge in [0.2, 0.25) is 6.20 Å². The maximum atomic E-state index is 10.2. The van der Waals surface area contributed by atoms with Crippen molar-refractivity contribution in [2.75, 3.05) is 13.1 Å². The number of likely N-dealkylation sites (tertiary alicyclic amines) is 1. The summed E-state index contributed by atoms with van der Waals surface area (Å²) in [5.41, 5.74) is 1.34. The van der Waals surface area contributed by atoms with E-state index in [1.54, 1.807) is 0 Å². The Kier molecular flexibility index (Phi) is 8.12. The van der Waals surface area contributed by atoms with Crippen molar-refractivity contribution in [3.05, 3.63) is 58.4 Å².